The number of Topliss-reactive ketones (excluding diaryl/α,β-unsaturated/α-hetero) is 1. The molecule has 0 aliphatic carbocycles. The fraction of sp³-hybridized carbons (Fsp3) is 0.273. The maximum Gasteiger partial charge on any atom is 0.294 e. The van der Waals surface area contributed by atoms with Crippen LogP contribution in [0.15, 0.2) is 59.9 Å². The first-order valence-corrected chi connectivity index (χ1v) is 9.18. The summed E-state index contributed by atoms with van der Waals surface area (Å²) in [7, 11) is 1.50. The third kappa shape index (κ3) is 3.50. The van der Waals surface area contributed by atoms with E-state index in [-0.39, 0.29) is 17.8 Å². The highest BCUT2D eigenvalue weighted by Gasteiger charge is 2.45. The van der Waals surface area contributed by atoms with Gasteiger partial charge in [-0.05, 0) is 36.8 Å². The van der Waals surface area contributed by atoms with E-state index in [0.717, 1.165) is 6.42 Å². The third-order valence-corrected chi connectivity index (χ3v) is 4.80. The van der Waals surface area contributed by atoms with Gasteiger partial charge < -0.3 is 9.84 Å². The van der Waals surface area contributed by atoms with Crippen molar-refractivity contribution in [3.63, 3.8) is 0 Å². The van der Waals surface area contributed by atoms with Crippen LogP contribution < -0.4 is 9.64 Å². The van der Waals surface area contributed by atoms with Gasteiger partial charge in [-0.15, -0.1) is 0 Å². The first-order valence-electron chi connectivity index (χ1n) is 9.18. The van der Waals surface area contributed by atoms with E-state index >= 15 is 0 Å². The smallest absolute Gasteiger partial charge is 0.294 e. The number of carbonyl (C=O) groups excluding carboxylic acids is 2. The Balaban J connectivity index is 2.16. The first-order chi connectivity index (χ1) is 13.5. The van der Waals surface area contributed by atoms with Crippen LogP contribution in [-0.2, 0) is 9.59 Å². The number of anilines is 1. The molecule has 0 saturated carbocycles. The Hall–Kier alpha value is -3.15. The maximum atomic E-state index is 13.4. The Morgan fingerprint density at radius 2 is 1.86 bits per heavy atom. The number of amides is 1. The van der Waals surface area contributed by atoms with Crippen molar-refractivity contribution in [2.75, 3.05) is 12.0 Å². The lowest BCUT2D eigenvalue weighted by molar-refractivity contribution is -0.118. The van der Waals surface area contributed by atoms with Crippen molar-refractivity contribution < 1.29 is 23.8 Å². The second-order valence-electron chi connectivity index (χ2n) is 6.59. The van der Waals surface area contributed by atoms with Crippen LogP contribution in [0.2, 0.25) is 0 Å². The predicted molar refractivity (Wildman–Crippen MR) is 104 cm³/mol. The molecule has 0 fully saturated rings. The highest BCUT2D eigenvalue weighted by Crippen LogP contribution is 2.44. The fourth-order valence-corrected chi connectivity index (χ4v) is 3.42. The molecule has 1 amide bonds. The van der Waals surface area contributed by atoms with Crippen LogP contribution in [0.4, 0.5) is 10.1 Å². The lowest BCUT2D eigenvalue weighted by atomic mass is 9.93. The number of hydrogen-bond donors (Lipinski definition) is 1. The minimum absolute atomic E-state index is 0.0484. The summed E-state index contributed by atoms with van der Waals surface area (Å²) in [6.45, 7) is 1.96. The number of aliphatic hydroxyl groups is 1. The van der Waals surface area contributed by atoms with Crippen molar-refractivity contribution in [2.45, 2.75) is 32.2 Å². The van der Waals surface area contributed by atoms with Gasteiger partial charge in [0.15, 0.2) is 11.5 Å². The molecular weight excluding hydrogens is 361 g/mol. The SMILES string of the molecule is CCCCC(=O)C1=C(O)C(=O)N(c2ccc(F)cc2)C1c1ccccc1OC. The second kappa shape index (κ2) is 8.25. The summed E-state index contributed by atoms with van der Waals surface area (Å²) < 4.78 is 18.8. The standard InChI is InChI=1S/C22H22FNO4/c1-3-4-8-17(25)19-20(16-7-5-6-9-18(16)28-2)24(22(27)21(19)26)15-12-10-14(23)11-13-15/h5-7,9-13,20,26H,3-4,8H2,1-2H3. The van der Waals surface area contributed by atoms with Crippen molar-refractivity contribution in [3.8, 4) is 5.75 Å². The molecule has 146 valence electrons. The number of para-hydroxylation sites is 1. The first kappa shape index (κ1) is 19.6. The van der Waals surface area contributed by atoms with Crippen LogP contribution in [-0.4, -0.2) is 23.9 Å². The summed E-state index contributed by atoms with van der Waals surface area (Å²) in [6.07, 6.45) is 1.69. The quantitative estimate of drug-likeness (QED) is 0.765. The number of ketones is 1. The molecule has 0 spiro atoms. The van der Waals surface area contributed by atoms with Crippen LogP contribution in [0, 0.1) is 5.82 Å². The van der Waals surface area contributed by atoms with Crippen molar-refractivity contribution in [1.82, 2.24) is 0 Å². The number of ether oxygens (including phenoxy) is 1. The summed E-state index contributed by atoms with van der Waals surface area (Å²) in [6, 6.07) is 11.5. The zero-order chi connectivity index (χ0) is 20.3. The van der Waals surface area contributed by atoms with Gasteiger partial charge in [-0.2, -0.15) is 0 Å². The van der Waals surface area contributed by atoms with Crippen LogP contribution in [0.1, 0.15) is 37.8 Å². The van der Waals surface area contributed by atoms with Crippen LogP contribution in [0.25, 0.3) is 0 Å². The van der Waals surface area contributed by atoms with E-state index in [9.17, 15) is 19.1 Å². The molecular formula is C22H22FNO4. The lowest BCUT2D eigenvalue weighted by Gasteiger charge is -2.28. The van der Waals surface area contributed by atoms with Crippen molar-refractivity contribution in [1.29, 1.82) is 0 Å². The van der Waals surface area contributed by atoms with Gasteiger partial charge in [0.05, 0.1) is 18.7 Å². The zero-order valence-electron chi connectivity index (χ0n) is 15.8. The molecule has 2 aromatic carbocycles. The van der Waals surface area contributed by atoms with E-state index in [1.807, 2.05) is 6.92 Å². The lowest BCUT2D eigenvalue weighted by Crippen LogP contribution is -2.31. The fourth-order valence-electron chi connectivity index (χ4n) is 3.42. The summed E-state index contributed by atoms with van der Waals surface area (Å²) >= 11 is 0. The Labute approximate surface area is 163 Å². The number of hydrogen-bond acceptors (Lipinski definition) is 4. The van der Waals surface area contributed by atoms with Gasteiger partial charge in [-0.3, -0.25) is 14.5 Å². The second-order valence-corrected chi connectivity index (χ2v) is 6.59. The molecule has 0 saturated heterocycles. The van der Waals surface area contributed by atoms with Gasteiger partial charge in [0.25, 0.3) is 5.91 Å². The van der Waals surface area contributed by atoms with Crippen molar-refractivity contribution >= 4 is 17.4 Å². The molecule has 1 N–H and O–H groups in total. The summed E-state index contributed by atoms with van der Waals surface area (Å²) in [4.78, 5) is 27.1. The van der Waals surface area contributed by atoms with E-state index in [1.54, 1.807) is 24.3 Å². The Bertz CT molecular complexity index is 920. The van der Waals surface area contributed by atoms with E-state index in [4.69, 9.17) is 4.74 Å². The van der Waals surface area contributed by atoms with Gasteiger partial charge in [-0.25, -0.2) is 4.39 Å². The molecule has 0 bridgehead atoms. The molecule has 1 atom stereocenters. The van der Waals surface area contributed by atoms with E-state index in [2.05, 4.69) is 0 Å². The number of aliphatic hydroxyl groups excluding tert-OH is 1. The molecule has 0 radical (unpaired) electrons. The van der Waals surface area contributed by atoms with Gasteiger partial charge in [0.2, 0.25) is 0 Å². The van der Waals surface area contributed by atoms with Crippen LogP contribution >= 0.6 is 0 Å². The number of carbonyl (C=O) groups is 2. The Morgan fingerprint density at radius 3 is 2.50 bits per heavy atom. The van der Waals surface area contributed by atoms with Gasteiger partial charge in [-0.1, -0.05) is 31.5 Å². The minimum atomic E-state index is -0.849. The highest BCUT2D eigenvalue weighted by atomic mass is 19.1. The molecule has 6 heteroatoms. The monoisotopic (exact) mass is 383 g/mol. The topological polar surface area (TPSA) is 66.8 Å². The Kier molecular flexibility index (Phi) is 5.78. The molecule has 2 aromatic rings. The molecule has 5 nitrogen and oxygen atoms in total. The zero-order valence-corrected chi connectivity index (χ0v) is 15.8. The number of methoxy groups -OCH3 is 1. The minimum Gasteiger partial charge on any atom is -0.503 e. The van der Waals surface area contributed by atoms with Crippen LogP contribution in [0.5, 0.6) is 5.75 Å². The molecule has 1 unspecified atom stereocenters. The summed E-state index contributed by atoms with van der Waals surface area (Å²) in [5.41, 5.74) is 1.01. The third-order valence-electron chi connectivity index (χ3n) is 4.80. The number of halogens is 1. The van der Waals surface area contributed by atoms with Crippen LogP contribution in [0.3, 0.4) is 0 Å². The van der Waals surface area contributed by atoms with Gasteiger partial charge in [0.1, 0.15) is 11.6 Å². The molecule has 1 aliphatic rings. The van der Waals surface area contributed by atoms with E-state index < -0.39 is 23.5 Å². The number of benzene rings is 2. The van der Waals surface area contributed by atoms with Crippen molar-refractivity contribution in [3.05, 3.63) is 71.2 Å². The van der Waals surface area contributed by atoms with E-state index in [1.165, 1.54) is 36.3 Å². The predicted octanol–water partition coefficient (Wildman–Crippen LogP) is 4.49. The highest BCUT2D eigenvalue weighted by molar-refractivity contribution is 6.16. The molecule has 1 heterocycles. The van der Waals surface area contributed by atoms with Crippen molar-refractivity contribution in [2.24, 2.45) is 0 Å². The number of rotatable bonds is 7. The number of unbranched alkanes of at least 4 members (excludes halogenated alkanes) is 1. The van der Waals surface area contributed by atoms with E-state index in [0.29, 0.717) is 23.4 Å². The molecule has 0 aromatic heterocycles. The average molecular weight is 383 g/mol. The normalized spacial score (nSPS) is 16.6. The molecule has 3 rings (SSSR count). The summed E-state index contributed by atoms with van der Waals surface area (Å²) in [5, 5.41) is 10.6. The molecule has 28 heavy (non-hydrogen) atoms. The summed E-state index contributed by atoms with van der Waals surface area (Å²) in [5.74, 6) is -1.50. The number of nitrogens with zero attached hydrogens (tertiary/aromatic N) is 1. The van der Waals surface area contributed by atoms with Gasteiger partial charge >= 0.3 is 0 Å². The maximum absolute atomic E-state index is 13.4. The van der Waals surface area contributed by atoms with Gasteiger partial charge in [0, 0.05) is 17.7 Å². The Morgan fingerprint density at radius 1 is 1.18 bits per heavy atom. The molecule has 1 aliphatic heterocycles. The average Bonchev–Trinajstić information content (AvgIpc) is 2.97. The largest absolute Gasteiger partial charge is 0.503 e.